The van der Waals surface area contributed by atoms with E-state index in [0.29, 0.717) is 12.8 Å². The summed E-state index contributed by atoms with van der Waals surface area (Å²) in [5, 5.41) is 33.8. The fraction of sp³-hybridized carbons (Fsp3) is 0.928. The van der Waals surface area contributed by atoms with E-state index >= 15 is 0 Å². The number of rotatable bonds is 64. The summed E-state index contributed by atoms with van der Waals surface area (Å²) in [7, 11) is 0. The predicted molar refractivity (Wildman–Crippen MR) is 328 cm³/mol. The molecule has 0 aromatic rings. The van der Waals surface area contributed by atoms with E-state index in [9.17, 15) is 20.1 Å². The third kappa shape index (κ3) is 60.1. The lowest BCUT2D eigenvalue weighted by atomic mass is 10.0. The molecule has 440 valence electrons. The van der Waals surface area contributed by atoms with Crippen molar-refractivity contribution in [3.8, 4) is 0 Å². The molecule has 0 aliphatic carbocycles. The molecular formula is C69H135NO4. The lowest BCUT2D eigenvalue weighted by Crippen LogP contribution is -2.46. The number of allylic oxidation sites excluding steroid dienone is 4. The van der Waals surface area contributed by atoms with Crippen molar-refractivity contribution in [2.45, 2.75) is 405 Å². The molecule has 0 saturated carbocycles. The Morgan fingerprint density at radius 2 is 0.581 bits per heavy atom. The first-order valence-electron chi connectivity index (χ1n) is 34.1. The van der Waals surface area contributed by atoms with Crippen LogP contribution in [0.4, 0.5) is 0 Å². The smallest absolute Gasteiger partial charge is 0.222 e. The second kappa shape index (κ2) is 64.4. The number of unbranched alkanes of at least 4 members (excludes halogenated alkanes) is 51. The highest BCUT2D eigenvalue weighted by molar-refractivity contribution is 5.76. The van der Waals surface area contributed by atoms with E-state index in [0.717, 1.165) is 32.1 Å². The van der Waals surface area contributed by atoms with Gasteiger partial charge in [-0.05, 0) is 44.9 Å². The van der Waals surface area contributed by atoms with Gasteiger partial charge in [0.1, 0.15) is 0 Å². The van der Waals surface area contributed by atoms with Crippen LogP contribution in [0.1, 0.15) is 386 Å². The third-order valence-electron chi connectivity index (χ3n) is 16.3. The van der Waals surface area contributed by atoms with Gasteiger partial charge in [0.25, 0.3) is 0 Å². The molecule has 0 aliphatic heterocycles. The summed E-state index contributed by atoms with van der Waals surface area (Å²) in [5.41, 5.74) is 0. The molecule has 0 radical (unpaired) electrons. The number of nitrogens with one attached hydrogen (secondary N) is 1. The van der Waals surface area contributed by atoms with Gasteiger partial charge in [-0.15, -0.1) is 0 Å². The van der Waals surface area contributed by atoms with Gasteiger partial charge in [-0.3, -0.25) is 4.79 Å². The Kier molecular flexibility index (Phi) is 63.3. The largest absolute Gasteiger partial charge is 0.394 e. The Morgan fingerprint density at radius 3 is 0.851 bits per heavy atom. The first-order valence-corrected chi connectivity index (χ1v) is 34.1. The van der Waals surface area contributed by atoms with Crippen molar-refractivity contribution in [1.29, 1.82) is 0 Å². The lowest BCUT2D eigenvalue weighted by molar-refractivity contribution is -0.125. The van der Waals surface area contributed by atoms with Crippen molar-refractivity contribution >= 4 is 5.91 Å². The molecule has 0 spiro atoms. The van der Waals surface area contributed by atoms with Crippen molar-refractivity contribution in [1.82, 2.24) is 5.32 Å². The van der Waals surface area contributed by atoms with Crippen molar-refractivity contribution in [3.63, 3.8) is 0 Å². The SMILES string of the molecule is CCCCCCCCCCCCCCC/C=C\C/C=C\CCCCCCCCCCCCCCCCCC(O)CC(=O)NC(CO)C(O)CCCCCCCCCCCCCCCCCCCCCCCCCC. The van der Waals surface area contributed by atoms with Gasteiger partial charge in [0.15, 0.2) is 0 Å². The minimum absolute atomic E-state index is 0.0398. The molecule has 0 bridgehead atoms. The quantitative estimate of drug-likeness (QED) is 0.0361. The first kappa shape index (κ1) is 72.8. The van der Waals surface area contributed by atoms with Gasteiger partial charge in [0.05, 0.1) is 31.3 Å². The molecule has 1 amide bonds. The summed E-state index contributed by atoms with van der Waals surface area (Å²) in [4.78, 5) is 12.6. The number of amides is 1. The Labute approximate surface area is 464 Å². The van der Waals surface area contributed by atoms with Crippen LogP contribution in [0.15, 0.2) is 24.3 Å². The molecule has 0 saturated heterocycles. The Balaban J connectivity index is 3.47. The van der Waals surface area contributed by atoms with Crippen molar-refractivity contribution < 1.29 is 20.1 Å². The van der Waals surface area contributed by atoms with E-state index in [2.05, 4.69) is 43.5 Å². The van der Waals surface area contributed by atoms with Crippen molar-refractivity contribution in [3.05, 3.63) is 24.3 Å². The molecule has 5 heteroatoms. The Morgan fingerprint density at radius 1 is 0.338 bits per heavy atom. The molecule has 3 atom stereocenters. The van der Waals surface area contributed by atoms with E-state index in [1.807, 2.05) is 0 Å². The van der Waals surface area contributed by atoms with E-state index in [-0.39, 0.29) is 18.9 Å². The van der Waals surface area contributed by atoms with Gasteiger partial charge in [0, 0.05) is 0 Å². The monoisotopic (exact) mass is 1040 g/mol. The number of hydrogen-bond acceptors (Lipinski definition) is 4. The summed E-state index contributed by atoms with van der Waals surface area (Å²) in [6, 6.07) is -0.659. The average molecular weight is 1040 g/mol. The van der Waals surface area contributed by atoms with Gasteiger partial charge < -0.3 is 20.6 Å². The molecule has 0 fully saturated rings. The maximum atomic E-state index is 12.6. The van der Waals surface area contributed by atoms with E-state index in [1.54, 1.807) is 0 Å². The van der Waals surface area contributed by atoms with E-state index in [4.69, 9.17) is 0 Å². The minimum atomic E-state index is -0.750. The molecule has 74 heavy (non-hydrogen) atoms. The molecule has 4 N–H and O–H groups in total. The van der Waals surface area contributed by atoms with Crippen LogP contribution in [0.2, 0.25) is 0 Å². The Bertz CT molecular complexity index is 1110. The predicted octanol–water partition coefficient (Wildman–Crippen LogP) is 22.0. The molecule has 0 aromatic heterocycles. The molecular weight excluding hydrogens is 907 g/mol. The van der Waals surface area contributed by atoms with E-state index in [1.165, 1.54) is 321 Å². The molecule has 3 unspecified atom stereocenters. The zero-order valence-electron chi connectivity index (χ0n) is 50.5. The summed E-state index contributed by atoms with van der Waals surface area (Å²) < 4.78 is 0. The number of hydrogen-bond donors (Lipinski definition) is 4. The van der Waals surface area contributed by atoms with Crippen LogP contribution in [0.5, 0.6) is 0 Å². The molecule has 0 aliphatic rings. The second-order valence-corrected chi connectivity index (χ2v) is 23.8. The fourth-order valence-electron chi connectivity index (χ4n) is 11.1. The summed E-state index contributed by atoms with van der Waals surface area (Å²) >= 11 is 0. The van der Waals surface area contributed by atoms with Crippen LogP contribution in [-0.4, -0.2) is 46.1 Å². The third-order valence-corrected chi connectivity index (χ3v) is 16.3. The zero-order valence-corrected chi connectivity index (χ0v) is 50.5. The average Bonchev–Trinajstić information content (AvgIpc) is 3.40. The molecule has 0 aromatic carbocycles. The number of carbonyl (C=O) groups excluding carboxylic acids is 1. The van der Waals surface area contributed by atoms with Gasteiger partial charge >= 0.3 is 0 Å². The maximum absolute atomic E-state index is 12.6. The highest BCUT2D eigenvalue weighted by Crippen LogP contribution is 2.19. The molecule has 0 rings (SSSR count). The normalized spacial score (nSPS) is 13.2. The van der Waals surface area contributed by atoms with E-state index < -0.39 is 18.2 Å². The lowest BCUT2D eigenvalue weighted by Gasteiger charge is -2.23. The Hall–Kier alpha value is -1.17. The zero-order chi connectivity index (χ0) is 53.6. The highest BCUT2D eigenvalue weighted by Gasteiger charge is 2.21. The fourth-order valence-corrected chi connectivity index (χ4v) is 11.1. The number of aliphatic hydroxyl groups is 3. The summed E-state index contributed by atoms with van der Waals surface area (Å²) in [5.74, 6) is -0.276. The van der Waals surface area contributed by atoms with Crippen LogP contribution in [-0.2, 0) is 4.79 Å². The van der Waals surface area contributed by atoms with Gasteiger partial charge in [0.2, 0.25) is 5.91 Å². The second-order valence-electron chi connectivity index (χ2n) is 23.8. The number of carbonyl (C=O) groups is 1. The van der Waals surface area contributed by atoms with Gasteiger partial charge in [-0.2, -0.15) is 0 Å². The minimum Gasteiger partial charge on any atom is -0.394 e. The van der Waals surface area contributed by atoms with Crippen LogP contribution in [0, 0.1) is 0 Å². The van der Waals surface area contributed by atoms with Crippen molar-refractivity contribution in [2.24, 2.45) is 0 Å². The van der Waals surface area contributed by atoms with Gasteiger partial charge in [-0.1, -0.05) is 359 Å². The first-order chi connectivity index (χ1) is 36.5. The maximum Gasteiger partial charge on any atom is 0.222 e. The summed E-state index contributed by atoms with van der Waals surface area (Å²) in [6.07, 6.45) is 83.9. The van der Waals surface area contributed by atoms with Crippen LogP contribution >= 0.6 is 0 Å². The van der Waals surface area contributed by atoms with Crippen LogP contribution < -0.4 is 5.32 Å². The highest BCUT2D eigenvalue weighted by atomic mass is 16.3. The van der Waals surface area contributed by atoms with Crippen LogP contribution in [0.25, 0.3) is 0 Å². The summed E-state index contributed by atoms with van der Waals surface area (Å²) in [6.45, 7) is 4.32. The molecule has 0 heterocycles. The number of aliphatic hydroxyl groups excluding tert-OH is 3. The van der Waals surface area contributed by atoms with Crippen LogP contribution in [0.3, 0.4) is 0 Å². The van der Waals surface area contributed by atoms with Gasteiger partial charge in [-0.25, -0.2) is 0 Å². The van der Waals surface area contributed by atoms with Crippen molar-refractivity contribution in [2.75, 3.05) is 6.61 Å². The topological polar surface area (TPSA) is 89.8 Å². The standard InChI is InChI=1S/C69H135NO4/c1-3-5-7-9-11-13-15-17-19-21-23-25-27-29-30-31-32-33-34-35-36-37-38-39-40-42-44-46-48-50-52-54-56-58-60-62-66(72)64-69(74)70-67(65-71)68(73)63-61-59-57-55-53-51-49-47-45-43-41-28-26-24-22-20-18-16-14-12-10-8-6-4-2/h30-31,33-34,66-68,71-73H,3-29,32,35-65H2,1-2H3,(H,70,74)/b31-30-,34-33-. The molecule has 5 nitrogen and oxygen atoms in total.